The number of nitrogens with zero attached hydrogens (tertiary/aromatic N) is 2. The van der Waals surface area contributed by atoms with Gasteiger partial charge in [0.25, 0.3) is 5.91 Å². The van der Waals surface area contributed by atoms with Crippen molar-refractivity contribution in [3.63, 3.8) is 0 Å². The molecule has 0 unspecified atom stereocenters. The first-order valence-corrected chi connectivity index (χ1v) is 15.5. The van der Waals surface area contributed by atoms with Crippen molar-refractivity contribution in [1.82, 2.24) is 5.43 Å². The second-order valence-electron chi connectivity index (χ2n) is 9.81. The molecule has 0 atom stereocenters. The molecule has 0 saturated carbocycles. The van der Waals surface area contributed by atoms with E-state index >= 15 is 0 Å². The van der Waals surface area contributed by atoms with Crippen molar-refractivity contribution >= 4 is 70.0 Å². The van der Waals surface area contributed by atoms with Crippen molar-refractivity contribution in [2.24, 2.45) is 5.10 Å². The van der Waals surface area contributed by atoms with Gasteiger partial charge in [0, 0.05) is 28.4 Å². The number of rotatable bonds is 10. The number of hydrogen-bond acceptors (Lipinski definition) is 6. The van der Waals surface area contributed by atoms with E-state index in [1.807, 2.05) is 60.7 Å². The number of aryl methyl sites for hydroxylation is 1. The van der Waals surface area contributed by atoms with Crippen LogP contribution in [0.1, 0.15) is 27.0 Å². The number of benzene rings is 4. The summed E-state index contributed by atoms with van der Waals surface area (Å²) in [5, 5.41) is 7.55. The van der Waals surface area contributed by atoms with Gasteiger partial charge in [0.15, 0.2) is 5.71 Å². The lowest BCUT2D eigenvalue weighted by atomic mass is 10.1. The molecule has 0 spiro atoms. The van der Waals surface area contributed by atoms with Crippen molar-refractivity contribution in [2.75, 3.05) is 29.6 Å². The molecule has 5 rings (SSSR count). The first-order valence-electron chi connectivity index (χ1n) is 13.7. The Morgan fingerprint density at radius 1 is 0.886 bits per heavy atom. The molecule has 1 heterocycles. The van der Waals surface area contributed by atoms with E-state index in [2.05, 4.69) is 15.8 Å². The molecule has 0 saturated heterocycles. The fourth-order valence-corrected chi connectivity index (χ4v) is 5.89. The van der Waals surface area contributed by atoms with Crippen molar-refractivity contribution in [1.29, 1.82) is 0 Å². The van der Waals surface area contributed by atoms with Crippen LogP contribution in [0.4, 0.5) is 16.2 Å². The highest BCUT2D eigenvalue weighted by molar-refractivity contribution is 7.99. The summed E-state index contributed by atoms with van der Waals surface area (Å²) >= 11 is 13.7. The monoisotopic (exact) mass is 646 g/mol. The average Bonchev–Trinajstić information content (AvgIpc) is 3.30. The minimum Gasteiger partial charge on any atom is -0.465 e. The number of hydrogen-bond donors (Lipinski definition) is 2. The van der Waals surface area contributed by atoms with E-state index in [0.29, 0.717) is 39.8 Å². The molecule has 0 aliphatic carbocycles. The molecule has 3 amide bonds. The number of thioether (sulfide) groups is 1. The highest BCUT2D eigenvalue weighted by atomic mass is 35.5. The van der Waals surface area contributed by atoms with Crippen LogP contribution in [-0.4, -0.2) is 43.0 Å². The van der Waals surface area contributed by atoms with E-state index in [9.17, 15) is 14.4 Å². The number of hydrazone groups is 1. The Kier molecular flexibility index (Phi) is 10.2. The molecule has 11 heteroatoms. The molecule has 224 valence electrons. The molecule has 2 N–H and O–H groups in total. The largest absolute Gasteiger partial charge is 0.465 e. The van der Waals surface area contributed by atoms with Crippen molar-refractivity contribution < 1.29 is 19.1 Å². The predicted octanol–water partition coefficient (Wildman–Crippen LogP) is 7.23. The zero-order valence-corrected chi connectivity index (χ0v) is 26.0. The van der Waals surface area contributed by atoms with Crippen LogP contribution in [0.3, 0.4) is 0 Å². The van der Waals surface area contributed by atoms with Gasteiger partial charge in [0.2, 0.25) is 0 Å². The first-order chi connectivity index (χ1) is 21.3. The summed E-state index contributed by atoms with van der Waals surface area (Å²) in [4.78, 5) is 40.6. The Morgan fingerprint density at radius 3 is 2.36 bits per heavy atom. The van der Waals surface area contributed by atoms with Crippen LogP contribution in [0, 0.1) is 0 Å². The summed E-state index contributed by atoms with van der Waals surface area (Å²) in [6, 6.07) is 27.2. The Balaban J connectivity index is 1.31. The third-order valence-corrected chi connectivity index (χ3v) is 8.64. The number of fused-ring (bicyclic) bond motifs is 1. The van der Waals surface area contributed by atoms with Gasteiger partial charge in [0.05, 0.1) is 28.4 Å². The van der Waals surface area contributed by atoms with Gasteiger partial charge in [0.1, 0.15) is 0 Å². The lowest BCUT2D eigenvalue weighted by Crippen LogP contribution is -2.34. The summed E-state index contributed by atoms with van der Waals surface area (Å²) in [6.45, 7) is 0.457. The maximum Gasteiger partial charge on any atom is 0.339 e. The van der Waals surface area contributed by atoms with E-state index < -0.39 is 6.03 Å². The Morgan fingerprint density at radius 2 is 1.64 bits per heavy atom. The fourth-order valence-electron chi connectivity index (χ4n) is 4.65. The normalized spacial score (nSPS) is 13.1. The number of carbonyl (C=O) groups excluding carboxylic acids is 3. The number of anilines is 2. The van der Waals surface area contributed by atoms with Gasteiger partial charge in [-0.05, 0) is 72.5 Å². The molecule has 44 heavy (non-hydrogen) atoms. The van der Waals surface area contributed by atoms with Crippen LogP contribution in [0.5, 0.6) is 0 Å². The first kappa shape index (κ1) is 31.1. The quantitative estimate of drug-likeness (QED) is 0.108. The van der Waals surface area contributed by atoms with E-state index in [0.717, 1.165) is 33.9 Å². The minimum atomic E-state index is -0.628. The number of urea groups is 1. The van der Waals surface area contributed by atoms with Gasteiger partial charge in [-0.15, -0.1) is 11.8 Å². The summed E-state index contributed by atoms with van der Waals surface area (Å²) < 4.78 is 4.76. The fraction of sp³-hybridized carbons (Fsp3) is 0.152. The Labute approximate surface area is 269 Å². The zero-order chi connectivity index (χ0) is 31.1. The maximum atomic E-state index is 13.6. The predicted molar refractivity (Wildman–Crippen MR) is 176 cm³/mol. The number of halogens is 2. The summed E-state index contributed by atoms with van der Waals surface area (Å²) in [7, 11) is 1.36. The Bertz CT molecular complexity index is 1720. The number of esters is 1. The Hall–Kier alpha value is -4.31. The molecule has 1 aliphatic heterocycles. The van der Waals surface area contributed by atoms with E-state index in [1.165, 1.54) is 13.2 Å². The molecular formula is C33H28Cl2N4O4S. The van der Waals surface area contributed by atoms with Crippen molar-refractivity contribution in [3.05, 3.63) is 123 Å². The van der Waals surface area contributed by atoms with E-state index in [4.69, 9.17) is 27.9 Å². The van der Waals surface area contributed by atoms with Crippen LogP contribution < -0.4 is 15.6 Å². The average molecular weight is 648 g/mol. The highest BCUT2D eigenvalue weighted by Gasteiger charge is 2.34. The third kappa shape index (κ3) is 7.60. The van der Waals surface area contributed by atoms with Crippen LogP contribution in [0.25, 0.3) is 0 Å². The van der Waals surface area contributed by atoms with Gasteiger partial charge >= 0.3 is 12.0 Å². The zero-order valence-electron chi connectivity index (χ0n) is 23.7. The molecule has 0 radical (unpaired) electrons. The SMILES string of the molecule is COC(=O)c1ccc(CCSc2ccc3c(c2)C(=NNC(=O)Nc2ccc(Cl)c(Cl)c2)C(=O)N3CCc2ccccc2)cc1. The lowest BCUT2D eigenvalue weighted by Gasteiger charge is -2.17. The van der Waals surface area contributed by atoms with Gasteiger partial charge in [-0.25, -0.2) is 15.0 Å². The number of ether oxygens (including phenoxy) is 1. The summed E-state index contributed by atoms with van der Waals surface area (Å²) in [5.41, 5.74) is 7.12. The molecule has 1 aliphatic rings. The molecule has 0 fully saturated rings. The highest BCUT2D eigenvalue weighted by Crippen LogP contribution is 2.34. The van der Waals surface area contributed by atoms with Crippen LogP contribution in [-0.2, 0) is 22.4 Å². The molecule has 4 aromatic rings. The molecule has 8 nitrogen and oxygen atoms in total. The number of carbonyl (C=O) groups is 3. The van der Waals surface area contributed by atoms with E-state index in [1.54, 1.807) is 40.9 Å². The topological polar surface area (TPSA) is 100 Å². The number of nitrogens with one attached hydrogen (secondary N) is 2. The minimum absolute atomic E-state index is 0.151. The number of amides is 3. The van der Waals surface area contributed by atoms with Crippen LogP contribution in [0.15, 0.2) is 101 Å². The van der Waals surface area contributed by atoms with Crippen LogP contribution in [0.2, 0.25) is 10.0 Å². The molecule has 0 bridgehead atoms. The van der Waals surface area contributed by atoms with Crippen LogP contribution >= 0.6 is 35.0 Å². The molecular weight excluding hydrogens is 619 g/mol. The van der Waals surface area contributed by atoms with Gasteiger partial charge in [-0.1, -0.05) is 65.7 Å². The summed E-state index contributed by atoms with van der Waals surface area (Å²) in [5.74, 6) is 0.118. The second-order valence-corrected chi connectivity index (χ2v) is 11.8. The summed E-state index contributed by atoms with van der Waals surface area (Å²) in [6.07, 6.45) is 1.44. The molecule has 0 aromatic heterocycles. The molecule has 4 aromatic carbocycles. The van der Waals surface area contributed by atoms with Gasteiger partial charge in [-0.2, -0.15) is 5.10 Å². The van der Waals surface area contributed by atoms with Crippen molar-refractivity contribution in [3.8, 4) is 0 Å². The van der Waals surface area contributed by atoms with Crippen molar-refractivity contribution in [2.45, 2.75) is 17.7 Å². The second kappa shape index (κ2) is 14.4. The number of methoxy groups -OCH3 is 1. The van der Waals surface area contributed by atoms with Gasteiger partial charge < -0.3 is 15.0 Å². The smallest absolute Gasteiger partial charge is 0.339 e. The maximum absolute atomic E-state index is 13.6. The van der Waals surface area contributed by atoms with E-state index in [-0.39, 0.29) is 17.6 Å². The van der Waals surface area contributed by atoms with Gasteiger partial charge in [-0.3, -0.25) is 4.79 Å². The standard InChI is InChI=1S/C33H28Cl2N4O4S/c1-43-32(41)23-9-7-22(8-10-23)16-18-44-25-12-14-29-26(20-25)30(31(40)39(29)17-15-21-5-3-2-4-6-21)37-38-33(42)36-24-11-13-27(34)28(35)19-24/h2-14,19-20H,15-18H2,1H3,(H2,36,38,42). The lowest BCUT2D eigenvalue weighted by molar-refractivity contribution is -0.112. The third-order valence-electron chi connectivity index (χ3n) is 6.91.